The number of aliphatic hydroxyl groups is 1. The lowest BCUT2D eigenvalue weighted by atomic mass is 9.90. The molecule has 5 atom stereocenters. The molecule has 0 rings (SSSR count). The Morgan fingerprint density at radius 1 is 0.848 bits per heavy atom. The Labute approximate surface area is 201 Å². The lowest BCUT2D eigenvalue weighted by Crippen LogP contribution is -2.59. The van der Waals surface area contributed by atoms with Crippen LogP contribution < -0.4 is 16.0 Å². The van der Waals surface area contributed by atoms with Crippen molar-refractivity contribution in [3.8, 4) is 0 Å². The lowest BCUT2D eigenvalue weighted by molar-refractivity contribution is -0.132. The fraction of sp³-hybridized carbons (Fsp3) is 0.880. The van der Waals surface area contributed by atoms with Gasteiger partial charge in [0.2, 0.25) is 11.8 Å². The van der Waals surface area contributed by atoms with E-state index in [-0.39, 0.29) is 23.7 Å². The Morgan fingerprint density at radius 2 is 1.33 bits per heavy atom. The van der Waals surface area contributed by atoms with Gasteiger partial charge in [-0.2, -0.15) is 0 Å². The fourth-order valence-corrected chi connectivity index (χ4v) is 3.47. The van der Waals surface area contributed by atoms with Crippen LogP contribution in [0.5, 0.6) is 0 Å². The van der Waals surface area contributed by atoms with Crippen molar-refractivity contribution < 1.29 is 24.2 Å². The maximum Gasteiger partial charge on any atom is 0.408 e. The predicted molar refractivity (Wildman–Crippen MR) is 132 cm³/mol. The molecule has 0 bridgehead atoms. The predicted octanol–water partition coefficient (Wildman–Crippen LogP) is 3.76. The highest BCUT2D eigenvalue weighted by molar-refractivity contribution is 5.91. The van der Waals surface area contributed by atoms with Crippen LogP contribution in [0.2, 0.25) is 0 Å². The third-order valence-corrected chi connectivity index (χ3v) is 5.70. The van der Waals surface area contributed by atoms with E-state index < -0.39 is 41.8 Å². The van der Waals surface area contributed by atoms with Crippen LogP contribution >= 0.6 is 0 Å². The number of aliphatic hydroxyl groups excluding tert-OH is 1. The summed E-state index contributed by atoms with van der Waals surface area (Å²) in [6, 6.07) is -2.05. The summed E-state index contributed by atoms with van der Waals surface area (Å²) in [7, 11) is 0. The van der Waals surface area contributed by atoms with Gasteiger partial charge in [-0.3, -0.25) is 9.59 Å². The second kappa shape index (κ2) is 14.4. The van der Waals surface area contributed by atoms with E-state index in [1.165, 1.54) is 0 Å². The molecule has 0 aromatic carbocycles. The molecular weight excluding hydrogens is 422 g/mol. The number of unbranched alkanes of at least 4 members (excludes halogenated alkanes) is 1. The van der Waals surface area contributed by atoms with Crippen molar-refractivity contribution in [2.24, 2.45) is 17.8 Å². The molecule has 0 saturated heterocycles. The summed E-state index contributed by atoms with van der Waals surface area (Å²) in [5.74, 6) is -1.09. The minimum absolute atomic E-state index is 0.0848. The molecule has 0 heterocycles. The van der Waals surface area contributed by atoms with E-state index in [0.29, 0.717) is 6.42 Å². The molecule has 8 nitrogen and oxygen atoms in total. The van der Waals surface area contributed by atoms with E-state index in [4.69, 9.17) is 4.74 Å². The summed E-state index contributed by atoms with van der Waals surface area (Å²) in [5, 5.41) is 19.1. The van der Waals surface area contributed by atoms with E-state index in [2.05, 4.69) is 22.9 Å². The number of rotatable bonds is 13. The number of amides is 3. The van der Waals surface area contributed by atoms with Gasteiger partial charge in [-0.15, -0.1) is 0 Å². The Hall–Kier alpha value is -1.83. The van der Waals surface area contributed by atoms with Gasteiger partial charge in [-0.05, 0) is 44.9 Å². The molecule has 0 aromatic rings. The van der Waals surface area contributed by atoms with Gasteiger partial charge < -0.3 is 25.8 Å². The normalized spacial score (nSPS) is 16.5. The molecule has 1 unspecified atom stereocenters. The number of ether oxygens (including phenoxy) is 1. The molecule has 4 N–H and O–H groups in total. The van der Waals surface area contributed by atoms with Crippen molar-refractivity contribution in [1.82, 2.24) is 16.0 Å². The summed E-state index contributed by atoms with van der Waals surface area (Å²) >= 11 is 0. The van der Waals surface area contributed by atoms with Gasteiger partial charge >= 0.3 is 6.09 Å². The quantitative estimate of drug-likeness (QED) is 0.326. The molecule has 0 aromatic heterocycles. The van der Waals surface area contributed by atoms with E-state index in [0.717, 1.165) is 19.3 Å². The summed E-state index contributed by atoms with van der Waals surface area (Å²) in [6.07, 6.45) is 1.93. The Kier molecular flexibility index (Phi) is 13.6. The molecule has 0 aliphatic carbocycles. The second-order valence-corrected chi connectivity index (χ2v) is 10.7. The second-order valence-electron chi connectivity index (χ2n) is 10.7. The lowest BCUT2D eigenvalue weighted by Gasteiger charge is -2.32. The maximum atomic E-state index is 13.2. The Morgan fingerprint density at radius 3 is 1.76 bits per heavy atom. The van der Waals surface area contributed by atoms with Crippen molar-refractivity contribution in [2.45, 2.75) is 125 Å². The van der Waals surface area contributed by atoms with Gasteiger partial charge in [0.25, 0.3) is 0 Å². The zero-order valence-corrected chi connectivity index (χ0v) is 22.5. The van der Waals surface area contributed by atoms with Gasteiger partial charge in [0.05, 0.1) is 12.1 Å². The zero-order valence-electron chi connectivity index (χ0n) is 22.5. The highest BCUT2D eigenvalue weighted by Crippen LogP contribution is 2.17. The number of hydrogen-bond acceptors (Lipinski definition) is 5. The zero-order chi connectivity index (χ0) is 25.9. The number of carbonyl (C=O) groups is 3. The van der Waals surface area contributed by atoms with Crippen LogP contribution in [-0.2, 0) is 14.3 Å². The van der Waals surface area contributed by atoms with Crippen LogP contribution in [-0.4, -0.2) is 52.8 Å². The molecule has 0 fully saturated rings. The molecule has 0 aliphatic rings. The van der Waals surface area contributed by atoms with Crippen LogP contribution in [0.3, 0.4) is 0 Å². The van der Waals surface area contributed by atoms with Crippen molar-refractivity contribution in [3.05, 3.63) is 0 Å². The highest BCUT2D eigenvalue weighted by atomic mass is 16.6. The van der Waals surface area contributed by atoms with Crippen LogP contribution in [0.4, 0.5) is 4.79 Å². The summed E-state index contributed by atoms with van der Waals surface area (Å²) in [5.41, 5.74) is -0.688. The molecule has 0 aliphatic heterocycles. The highest BCUT2D eigenvalue weighted by Gasteiger charge is 2.34. The van der Waals surface area contributed by atoms with E-state index in [1.54, 1.807) is 20.8 Å². The number of hydrogen-bond donors (Lipinski definition) is 4. The number of nitrogens with one attached hydrogen (secondary N) is 3. The van der Waals surface area contributed by atoms with Crippen molar-refractivity contribution >= 4 is 17.9 Å². The molecule has 0 spiro atoms. The number of carbonyl (C=O) groups excluding carboxylic acids is 3. The van der Waals surface area contributed by atoms with Crippen molar-refractivity contribution in [2.75, 3.05) is 0 Å². The van der Waals surface area contributed by atoms with Gasteiger partial charge in [0, 0.05) is 0 Å². The van der Waals surface area contributed by atoms with E-state index in [9.17, 15) is 19.5 Å². The van der Waals surface area contributed by atoms with E-state index >= 15 is 0 Å². The molecular formula is C25H49N3O5. The first-order chi connectivity index (χ1) is 15.1. The van der Waals surface area contributed by atoms with E-state index in [1.807, 2.05) is 41.5 Å². The smallest absolute Gasteiger partial charge is 0.408 e. The standard InChI is InChI=1S/C25H49N3O5/c1-11-13-14-18(29)21(17(7)12-2)27-22(30)19(15(3)4)26-23(31)20(16(5)6)28-24(32)33-25(8,9)10/h15-21,29H,11-14H2,1-10H3,(H,26,31)(H,27,30)(H,28,32)/t17-,18?,19-,20-,21-/m0/s1. The van der Waals surface area contributed by atoms with Crippen LogP contribution in [0.15, 0.2) is 0 Å². The molecule has 3 amide bonds. The SMILES string of the molecule is CCCCC(O)[C@@H](NC(=O)[C@@H](NC(=O)[C@@H](NC(=O)OC(C)(C)C)C(C)C)C(C)C)[C@@H](C)CC. The monoisotopic (exact) mass is 471 g/mol. The van der Waals surface area contributed by atoms with Crippen molar-refractivity contribution in [1.29, 1.82) is 0 Å². The first-order valence-electron chi connectivity index (χ1n) is 12.4. The largest absolute Gasteiger partial charge is 0.444 e. The molecule has 0 saturated carbocycles. The van der Waals surface area contributed by atoms with Crippen molar-refractivity contribution in [3.63, 3.8) is 0 Å². The third kappa shape index (κ3) is 11.7. The first kappa shape index (κ1) is 31.2. The third-order valence-electron chi connectivity index (χ3n) is 5.70. The van der Waals surface area contributed by atoms with Gasteiger partial charge in [0.1, 0.15) is 17.7 Å². The molecule has 194 valence electrons. The maximum absolute atomic E-state index is 13.2. The summed E-state index contributed by atoms with van der Waals surface area (Å²) in [4.78, 5) is 38.5. The average molecular weight is 472 g/mol. The fourth-order valence-electron chi connectivity index (χ4n) is 3.47. The molecule has 33 heavy (non-hydrogen) atoms. The minimum atomic E-state index is -0.852. The molecule has 8 heteroatoms. The van der Waals surface area contributed by atoms with Crippen LogP contribution in [0, 0.1) is 17.8 Å². The average Bonchev–Trinajstić information content (AvgIpc) is 2.69. The Bertz CT molecular complexity index is 616. The summed E-state index contributed by atoms with van der Waals surface area (Å²) < 4.78 is 5.28. The Balaban J connectivity index is 5.45. The topological polar surface area (TPSA) is 117 Å². The molecule has 0 radical (unpaired) electrons. The van der Waals surface area contributed by atoms with Gasteiger partial charge in [0.15, 0.2) is 0 Å². The van der Waals surface area contributed by atoms with Gasteiger partial charge in [-0.1, -0.05) is 67.7 Å². The first-order valence-corrected chi connectivity index (χ1v) is 12.4. The summed E-state index contributed by atoms with van der Waals surface area (Å²) in [6.45, 7) is 18.7. The number of alkyl carbamates (subject to hydrolysis) is 1. The minimum Gasteiger partial charge on any atom is -0.444 e. The van der Waals surface area contributed by atoms with Gasteiger partial charge in [-0.25, -0.2) is 4.79 Å². The van der Waals surface area contributed by atoms with Crippen LogP contribution in [0.1, 0.15) is 94.9 Å². The van der Waals surface area contributed by atoms with Crippen LogP contribution in [0.25, 0.3) is 0 Å².